The highest BCUT2D eigenvalue weighted by Crippen LogP contribution is 2.18. The molecule has 1 N–H and O–H groups in total. The lowest BCUT2D eigenvalue weighted by molar-refractivity contribution is -0.385. The molecule has 1 aliphatic heterocycles. The van der Waals surface area contributed by atoms with E-state index in [0.717, 1.165) is 32.1 Å². The smallest absolute Gasteiger partial charge is 0.287 e. The fourth-order valence-corrected chi connectivity index (χ4v) is 3.14. The molecule has 0 aliphatic carbocycles. The summed E-state index contributed by atoms with van der Waals surface area (Å²) in [4.78, 5) is 13.9. The van der Waals surface area contributed by atoms with Crippen molar-refractivity contribution >= 4 is 16.5 Å². The third kappa shape index (κ3) is 2.86. The number of nitrogens with one attached hydrogen (secondary N) is 1. The average molecular weight is 255 g/mol. The van der Waals surface area contributed by atoms with E-state index in [2.05, 4.69) is 10.3 Å². The lowest BCUT2D eigenvalue weighted by Gasteiger charge is -2.21. The summed E-state index contributed by atoms with van der Waals surface area (Å²) >= 11 is 0. The van der Waals surface area contributed by atoms with E-state index >= 15 is 0 Å². The summed E-state index contributed by atoms with van der Waals surface area (Å²) in [6.45, 7) is 1.73. The molecule has 2 rings (SSSR count). The van der Waals surface area contributed by atoms with Gasteiger partial charge in [0.1, 0.15) is 11.2 Å². The summed E-state index contributed by atoms with van der Waals surface area (Å²) in [7, 11) is -1.17. The molecule has 0 amide bonds. The molecule has 0 bridgehead atoms. The van der Waals surface area contributed by atoms with Crippen molar-refractivity contribution in [1.29, 1.82) is 0 Å². The summed E-state index contributed by atoms with van der Waals surface area (Å²) in [6, 6.07) is 2.83. The third-order valence-corrected chi connectivity index (χ3v) is 4.46. The fraction of sp³-hybridized carbons (Fsp3) is 0.500. The van der Waals surface area contributed by atoms with Crippen LogP contribution < -0.4 is 5.32 Å². The molecule has 1 unspecified atom stereocenters. The summed E-state index contributed by atoms with van der Waals surface area (Å²) in [5, 5.41) is 14.2. The molecule has 92 valence electrons. The number of piperidine rings is 1. The van der Waals surface area contributed by atoms with Crippen LogP contribution in [0.25, 0.3) is 0 Å². The van der Waals surface area contributed by atoms with Crippen LogP contribution in [0.1, 0.15) is 12.8 Å². The molecule has 1 aliphatic rings. The standard InChI is InChI=1S/C10H13N3O3S/c14-13(15)8-1-2-10(12-7-8)17(16)9-3-5-11-6-4-9/h1-2,7,9,11H,3-6H2. The number of rotatable bonds is 3. The maximum Gasteiger partial charge on any atom is 0.287 e. The number of pyridine rings is 1. The summed E-state index contributed by atoms with van der Waals surface area (Å²) in [6.07, 6.45) is 2.87. The SMILES string of the molecule is O=[N+]([O-])c1ccc(S(=O)C2CCNCC2)nc1. The minimum atomic E-state index is -1.17. The van der Waals surface area contributed by atoms with Crippen LogP contribution >= 0.6 is 0 Å². The van der Waals surface area contributed by atoms with Gasteiger partial charge in [-0.2, -0.15) is 0 Å². The lowest BCUT2D eigenvalue weighted by Crippen LogP contribution is -2.33. The molecule has 17 heavy (non-hydrogen) atoms. The molecule has 1 atom stereocenters. The molecule has 0 radical (unpaired) electrons. The molecule has 2 heterocycles. The van der Waals surface area contributed by atoms with E-state index in [0.29, 0.717) is 5.03 Å². The Balaban J connectivity index is 2.10. The molecule has 1 aromatic rings. The van der Waals surface area contributed by atoms with E-state index in [4.69, 9.17) is 0 Å². The van der Waals surface area contributed by atoms with Crippen LogP contribution in [0.5, 0.6) is 0 Å². The fourth-order valence-electron chi connectivity index (χ4n) is 1.78. The topological polar surface area (TPSA) is 85.1 Å². The Kier molecular flexibility index (Phi) is 3.80. The van der Waals surface area contributed by atoms with E-state index in [1.165, 1.54) is 12.1 Å². The molecular formula is C10H13N3O3S. The summed E-state index contributed by atoms with van der Waals surface area (Å²) in [5.41, 5.74) is -0.0731. The second-order valence-electron chi connectivity index (χ2n) is 3.86. The molecule has 7 heteroatoms. The first-order valence-corrected chi connectivity index (χ1v) is 6.61. The number of hydrogen-bond acceptors (Lipinski definition) is 5. The second kappa shape index (κ2) is 5.33. The summed E-state index contributed by atoms with van der Waals surface area (Å²) < 4.78 is 12.1. The number of hydrogen-bond donors (Lipinski definition) is 1. The van der Waals surface area contributed by atoms with Crippen LogP contribution in [0.3, 0.4) is 0 Å². The van der Waals surface area contributed by atoms with Crippen molar-refractivity contribution in [3.05, 3.63) is 28.4 Å². The highest BCUT2D eigenvalue weighted by atomic mass is 32.2. The van der Waals surface area contributed by atoms with Crippen LogP contribution in [0, 0.1) is 10.1 Å². The van der Waals surface area contributed by atoms with Gasteiger partial charge in [0.05, 0.1) is 15.7 Å². The molecule has 1 saturated heterocycles. The van der Waals surface area contributed by atoms with E-state index < -0.39 is 15.7 Å². The minimum Gasteiger partial charge on any atom is -0.317 e. The van der Waals surface area contributed by atoms with Gasteiger partial charge >= 0.3 is 0 Å². The maximum atomic E-state index is 12.1. The molecular weight excluding hydrogens is 242 g/mol. The zero-order valence-corrected chi connectivity index (χ0v) is 9.98. The normalized spacial score (nSPS) is 18.8. The Morgan fingerprint density at radius 2 is 2.12 bits per heavy atom. The predicted molar refractivity (Wildman–Crippen MR) is 63.2 cm³/mol. The first-order valence-electron chi connectivity index (χ1n) is 5.40. The van der Waals surface area contributed by atoms with E-state index in [1.807, 2.05) is 0 Å². The average Bonchev–Trinajstić information content (AvgIpc) is 2.39. The monoisotopic (exact) mass is 255 g/mol. The Hall–Kier alpha value is -1.34. The Morgan fingerprint density at radius 3 is 2.65 bits per heavy atom. The van der Waals surface area contributed by atoms with Gasteiger partial charge in [-0.15, -0.1) is 0 Å². The lowest BCUT2D eigenvalue weighted by atomic mass is 10.2. The molecule has 0 saturated carbocycles. The number of aromatic nitrogens is 1. The van der Waals surface area contributed by atoms with Crippen molar-refractivity contribution in [1.82, 2.24) is 10.3 Å². The van der Waals surface area contributed by atoms with Gasteiger partial charge in [0.2, 0.25) is 0 Å². The van der Waals surface area contributed by atoms with Crippen molar-refractivity contribution in [3.8, 4) is 0 Å². The van der Waals surface area contributed by atoms with Gasteiger partial charge < -0.3 is 5.32 Å². The van der Waals surface area contributed by atoms with Gasteiger partial charge in [-0.3, -0.25) is 14.3 Å². The van der Waals surface area contributed by atoms with Crippen LogP contribution in [0.15, 0.2) is 23.4 Å². The number of nitro groups is 1. The van der Waals surface area contributed by atoms with E-state index in [1.54, 1.807) is 0 Å². The first-order chi connectivity index (χ1) is 8.18. The van der Waals surface area contributed by atoms with E-state index in [-0.39, 0.29) is 10.9 Å². The Bertz CT molecular complexity index is 429. The van der Waals surface area contributed by atoms with Gasteiger partial charge in [-0.05, 0) is 32.0 Å². The zero-order chi connectivity index (χ0) is 12.3. The van der Waals surface area contributed by atoms with Crippen molar-refractivity contribution in [2.45, 2.75) is 23.1 Å². The third-order valence-electron chi connectivity index (χ3n) is 2.73. The minimum absolute atomic E-state index is 0.0731. The Morgan fingerprint density at radius 1 is 1.41 bits per heavy atom. The molecule has 1 aromatic heterocycles. The van der Waals surface area contributed by atoms with Crippen LogP contribution in [-0.2, 0) is 10.8 Å². The maximum absolute atomic E-state index is 12.1. The van der Waals surface area contributed by atoms with E-state index in [9.17, 15) is 14.3 Å². The van der Waals surface area contributed by atoms with Crippen LogP contribution in [0.4, 0.5) is 5.69 Å². The van der Waals surface area contributed by atoms with Crippen molar-refractivity contribution in [2.24, 2.45) is 0 Å². The van der Waals surface area contributed by atoms with Gasteiger partial charge in [0, 0.05) is 11.3 Å². The van der Waals surface area contributed by atoms with Gasteiger partial charge in [0.15, 0.2) is 0 Å². The predicted octanol–water partition coefficient (Wildman–Crippen LogP) is 0.849. The van der Waals surface area contributed by atoms with Gasteiger partial charge in [-0.25, -0.2) is 4.98 Å². The molecule has 6 nitrogen and oxygen atoms in total. The van der Waals surface area contributed by atoms with Crippen molar-refractivity contribution in [2.75, 3.05) is 13.1 Å². The Labute approximate surface area is 101 Å². The number of nitrogens with zero attached hydrogens (tertiary/aromatic N) is 2. The van der Waals surface area contributed by atoms with Crippen molar-refractivity contribution < 1.29 is 9.13 Å². The quantitative estimate of drug-likeness (QED) is 0.639. The highest BCUT2D eigenvalue weighted by molar-refractivity contribution is 7.85. The second-order valence-corrected chi connectivity index (χ2v) is 5.54. The largest absolute Gasteiger partial charge is 0.317 e. The highest BCUT2D eigenvalue weighted by Gasteiger charge is 2.22. The zero-order valence-electron chi connectivity index (χ0n) is 9.17. The van der Waals surface area contributed by atoms with Crippen LogP contribution in [-0.4, -0.2) is 32.5 Å². The molecule has 1 fully saturated rings. The van der Waals surface area contributed by atoms with Crippen molar-refractivity contribution in [3.63, 3.8) is 0 Å². The van der Waals surface area contributed by atoms with Gasteiger partial charge in [-0.1, -0.05) is 0 Å². The first kappa shape index (κ1) is 12.1. The van der Waals surface area contributed by atoms with Crippen LogP contribution in [0.2, 0.25) is 0 Å². The summed E-state index contributed by atoms with van der Waals surface area (Å²) in [5.74, 6) is 0. The van der Waals surface area contributed by atoms with Gasteiger partial charge in [0.25, 0.3) is 5.69 Å². The molecule has 0 spiro atoms. The molecule has 0 aromatic carbocycles.